The van der Waals surface area contributed by atoms with Gasteiger partial charge in [-0.3, -0.25) is 24.1 Å². The number of hydrogen-bond donors (Lipinski definition) is 4. The lowest BCUT2D eigenvalue weighted by atomic mass is 10.1. The highest BCUT2D eigenvalue weighted by atomic mass is 16.2. The molecule has 0 aromatic heterocycles. The minimum atomic E-state index is -1.76. The Morgan fingerprint density at radius 2 is 1.29 bits per heavy atom. The molecule has 1 unspecified atom stereocenters. The number of rotatable bonds is 6. The zero-order chi connectivity index (χ0) is 13.6. The van der Waals surface area contributed by atoms with Gasteiger partial charge in [-0.05, 0) is 0 Å². The van der Waals surface area contributed by atoms with Gasteiger partial charge in [-0.2, -0.15) is 0 Å². The molecule has 8 N–H and O–H groups in total. The van der Waals surface area contributed by atoms with Gasteiger partial charge in [0.05, 0.1) is 19.6 Å². The fraction of sp³-hybridized carbons (Fsp3) is 0.500. The number of hydrogen-bond acceptors (Lipinski definition) is 7. The molecule has 0 radical (unpaired) electrons. The van der Waals surface area contributed by atoms with Gasteiger partial charge in [0.1, 0.15) is 0 Å². The van der Waals surface area contributed by atoms with Gasteiger partial charge in [-0.15, -0.1) is 0 Å². The van der Waals surface area contributed by atoms with E-state index in [9.17, 15) is 19.2 Å². The molecule has 0 heterocycles. The number of carbonyl (C=O) groups excluding carboxylic acids is 4. The van der Waals surface area contributed by atoms with Crippen LogP contribution in [0.25, 0.3) is 0 Å². The number of nitrogens with two attached hydrogens (primary N) is 4. The van der Waals surface area contributed by atoms with E-state index in [0.717, 1.165) is 0 Å². The summed E-state index contributed by atoms with van der Waals surface area (Å²) in [5.74, 6) is -3.87. The molecule has 9 heteroatoms. The van der Waals surface area contributed by atoms with Gasteiger partial charge >= 0.3 is 0 Å². The average Bonchev–Trinajstić information content (AvgIpc) is 2.32. The molecule has 0 bridgehead atoms. The first-order chi connectivity index (χ1) is 7.90. The van der Waals surface area contributed by atoms with Crippen LogP contribution in [0, 0.1) is 0 Å². The van der Waals surface area contributed by atoms with E-state index < -0.39 is 49.2 Å². The maximum atomic E-state index is 11.4. The van der Waals surface area contributed by atoms with Crippen LogP contribution < -0.4 is 22.9 Å². The van der Waals surface area contributed by atoms with E-state index >= 15 is 0 Å². The Kier molecular flexibility index (Phi) is 5.96. The number of primary amides is 1. The Hall–Kier alpha value is -1.84. The lowest BCUT2D eigenvalue weighted by molar-refractivity contribution is -0.153. The second-order valence-corrected chi connectivity index (χ2v) is 3.04. The number of amides is 3. The van der Waals surface area contributed by atoms with Crippen molar-refractivity contribution in [2.45, 2.75) is 6.04 Å². The van der Waals surface area contributed by atoms with Crippen molar-refractivity contribution in [3.63, 3.8) is 0 Å². The fourth-order valence-corrected chi connectivity index (χ4v) is 1.17. The normalized spacial score (nSPS) is 11.7. The molecule has 0 aliphatic rings. The molecule has 0 aromatic rings. The molecule has 0 aliphatic heterocycles. The summed E-state index contributed by atoms with van der Waals surface area (Å²) in [6.07, 6.45) is 0. The Bertz CT molecular complexity index is 327. The third-order valence-corrected chi connectivity index (χ3v) is 1.92. The zero-order valence-corrected chi connectivity index (χ0v) is 9.09. The van der Waals surface area contributed by atoms with Crippen molar-refractivity contribution in [3.8, 4) is 0 Å². The Labute approximate surface area is 97.1 Å². The summed E-state index contributed by atoms with van der Waals surface area (Å²) in [6.45, 7) is -1.67. The van der Waals surface area contributed by atoms with E-state index in [1.807, 2.05) is 0 Å². The number of Topliss-reactive ketones (excluding diaryl/α,β-unsaturated/α-hetero) is 1. The fourth-order valence-electron chi connectivity index (χ4n) is 1.17. The Balaban J connectivity index is 5.36. The summed E-state index contributed by atoms with van der Waals surface area (Å²) < 4.78 is 0. The van der Waals surface area contributed by atoms with Crippen molar-refractivity contribution >= 4 is 23.5 Å². The molecule has 3 amide bonds. The van der Waals surface area contributed by atoms with E-state index in [1.165, 1.54) is 0 Å². The second kappa shape index (κ2) is 6.68. The van der Waals surface area contributed by atoms with Crippen LogP contribution in [-0.4, -0.2) is 54.1 Å². The molecule has 0 saturated carbocycles. The first-order valence-electron chi connectivity index (χ1n) is 4.67. The highest BCUT2D eigenvalue weighted by molar-refractivity contribution is 6.13. The predicted octanol–water partition coefficient (Wildman–Crippen LogP) is -4.36. The minimum Gasteiger partial charge on any atom is -0.367 e. The summed E-state index contributed by atoms with van der Waals surface area (Å²) in [5, 5.41) is 0. The lowest BCUT2D eigenvalue weighted by Gasteiger charge is -2.25. The van der Waals surface area contributed by atoms with Crippen LogP contribution in [0.1, 0.15) is 0 Å². The van der Waals surface area contributed by atoms with Crippen molar-refractivity contribution in [1.29, 1.82) is 0 Å². The van der Waals surface area contributed by atoms with E-state index in [1.54, 1.807) is 0 Å². The summed E-state index contributed by atoms with van der Waals surface area (Å²) in [5.41, 5.74) is 20.2. The van der Waals surface area contributed by atoms with Crippen LogP contribution in [0.4, 0.5) is 0 Å². The highest BCUT2D eigenvalue weighted by Gasteiger charge is 2.36. The van der Waals surface area contributed by atoms with Crippen LogP contribution in [-0.2, 0) is 19.2 Å². The van der Waals surface area contributed by atoms with E-state index in [2.05, 4.69) is 0 Å². The third kappa shape index (κ3) is 3.59. The van der Waals surface area contributed by atoms with Crippen molar-refractivity contribution in [3.05, 3.63) is 0 Å². The van der Waals surface area contributed by atoms with Crippen molar-refractivity contribution in [2.24, 2.45) is 22.9 Å². The second-order valence-electron chi connectivity index (χ2n) is 3.04. The molecule has 9 nitrogen and oxygen atoms in total. The first kappa shape index (κ1) is 15.2. The molecular formula is C8H15N5O4. The van der Waals surface area contributed by atoms with Crippen molar-refractivity contribution in [2.75, 3.05) is 19.6 Å². The molecule has 96 valence electrons. The van der Waals surface area contributed by atoms with Crippen LogP contribution >= 0.6 is 0 Å². The van der Waals surface area contributed by atoms with E-state index in [4.69, 9.17) is 22.9 Å². The van der Waals surface area contributed by atoms with Crippen LogP contribution in [0.2, 0.25) is 0 Å². The van der Waals surface area contributed by atoms with Gasteiger partial charge < -0.3 is 22.9 Å². The third-order valence-electron chi connectivity index (χ3n) is 1.92. The molecule has 17 heavy (non-hydrogen) atoms. The first-order valence-corrected chi connectivity index (χ1v) is 4.67. The monoisotopic (exact) mass is 245 g/mol. The molecule has 0 aromatic carbocycles. The van der Waals surface area contributed by atoms with Gasteiger partial charge in [0.15, 0.2) is 11.8 Å². The molecule has 0 spiro atoms. The zero-order valence-electron chi connectivity index (χ0n) is 9.09. The molecular weight excluding hydrogens is 230 g/mol. The summed E-state index contributed by atoms with van der Waals surface area (Å²) in [4.78, 5) is 45.6. The van der Waals surface area contributed by atoms with Gasteiger partial charge in [-0.25, -0.2) is 0 Å². The predicted molar refractivity (Wildman–Crippen MR) is 57.0 cm³/mol. The number of ketones is 1. The molecule has 1 atom stereocenters. The van der Waals surface area contributed by atoms with Gasteiger partial charge in [0.2, 0.25) is 17.7 Å². The van der Waals surface area contributed by atoms with Crippen LogP contribution in [0.5, 0.6) is 0 Å². The minimum absolute atomic E-state index is 0.359. The SMILES string of the molecule is NCC(=O)C(C(N)=O)N(C(=O)CN)C(=O)CN. The Morgan fingerprint density at radius 1 is 0.882 bits per heavy atom. The summed E-state index contributed by atoms with van der Waals surface area (Å²) in [6, 6.07) is -1.76. The lowest BCUT2D eigenvalue weighted by Crippen LogP contribution is -2.58. The van der Waals surface area contributed by atoms with Crippen LogP contribution in [0.15, 0.2) is 0 Å². The summed E-state index contributed by atoms with van der Waals surface area (Å²) in [7, 11) is 0. The summed E-state index contributed by atoms with van der Waals surface area (Å²) >= 11 is 0. The molecule has 0 saturated heterocycles. The van der Waals surface area contributed by atoms with E-state index in [-0.39, 0.29) is 0 Å². The number of imide groups is 1. The largest absolute Gasteiger partial charge is 0.367 e. The van der Waals surface area contributed by atoms with Gasteiger partial charge in [-0.1, -0.05) is 0 Å². The smallest absolute Gasteiger partial charge is 0.248 e. The quantitative estimate of drug-likeness (QED) is 0.341. The number of carbonyl (C=O) groups is 4. The topological polar surface area (TPSA) is 176 Å². The van der Waals surface area contributed by atoms with Gasteiger partial charge in [0.25, 0.3) is 0 Å². The molecule has 0 aliphatic carbocycles. The van der Waals surface area contributed by atoms with Gasteiger partial charge in [0, 0.05) is 0 Å². The Morgan fingerprint density at radius 3 is 1.53 bits per heavy atom. The molecule has 0 rings (SSSR count). The van der Waals surface area contributed by atoms with Crippen molar-refractivity contribution in [1.82, 2.24) is 4.90 Å². The average molecular weight is 245 g/mol. The standard InChI is InChI=1S/C8H15N5O4/c9-1-4(14)7(8(12)17)13(5(15)2-10)6(16)3-11/h7H,1-3,9-11H2,(H2,12,17). The van der Waals surface area contributed by atoms with E-state index in [0.29, 0.717) is 4.90 Å². The highest BCUT2D eigenvalue weighted by Crippen LogP contribution is 2.02. The number of nitrogens with zero attached hydrogens (tertiary/aromatic N) is 1. The van der Waals surface area contributed by atoms with Crippen LogP contribution in [0.3, 0.4) is 0 Å². The maximum absolute atomic E-state index is 11.4. The maximum Gasteiger partial charge on any atom is 0.248 e. The molecule has 0 fully saturated rings. The van der Waals surface area contributed by atoms with Crippen molar-refractivity contribution < 1.29 is 19.2 Å².